The van der Waals surface area contributed by atoms with Crippen LogP contribution in [0, 0.1) is 5.82 Å². The molecule has 0 aliphatic carbocycles. The predicted molar refractivity (Wildman–Crippen MR) is 63.9 cm³/mol. The third-order valence-electron chi connectivity index (χ3n) is 2.39. The quantitative estimate of drug-likeness (QED) is 0.826. The molecule has 17 heavy (non-hydrogen) atoms. The van der Waals surface area contributed by atoms with Gasteiger partial charge >= 0.3 is 0 Å². The van der Waals surface area contributed by atoms with Crippen molar-refractivity contribution < 1.29 is 14.3 Å². The molecule has 2 aromatic rings. The summed E-state index contributed by atoms with van der Waals surface area (Å²) in [5, 5.41) is 9.76. The Balaban J connectivity index is 2.60. The topological polar surface area (TPSA) is 37.3 Å². The zero-order chi connectivity index (χ0) is 12.4. The van der Waals surface area contributed by atoms with Crippen molar-refractivity contribution in [3.8, 4) is 16.9 Å². The van der Waals surface area contributed by atoms with Gasteiger partial charge in [0.2, 0.25) is 0 Å². The van der Waals surface area contributed by atoms with E-state index in [-0.39, 0.29) is 11.3 Å². The maximum Gasteiger partial charge on any atom is 0.153 e. The van der Waals surface area contributed by atoms with Gasteiger partial charge in [-0.1, -0.05) is 17.7 Å². The number of aldehydes is 1. The Bertz CT molecular complexity index is 582. The Hall–Kier alpha value is -1.87. The van der Waals surface area contributed by atoms with E-state index in [4.69, 9.17) is 11.6 Å². The van der Waals surface area contributed by atoms with Gasteiger partial charge in [0, 0.05) is 10.6 Å². The lowest BCUT2D eigenvalue weighted by Crippen LogP contribution is -1.87. The normalized spacial score (nSPS) is 10.2. The largest absolute Gasteiger partial charge is 0.507 e. The maximum atomic E-state index is 13.6. The average molecular weight is 251 g/mol. The van der Waals surface area contributed by atoms with Crippen molar-refractivity contribution in [2.24, 2.45) is 0 Å². The molecule has 1 N–H and O–H groups in total. The summed E-state index contributed by atoms with van der Waals surface area (Å²) in [4.78, 5) is 10.7. The highest BCUT2D eigenvalue weighted by Gasteiger charge is 2.08. The summed E-state index contributed by atoms with van der Waals surface area (Å²) in [6.07, 6.45) is 0.515. The van der Waals surface area contributed by atoms with E-state index in [0.717, 1.165) is 0 Å². The van der Waals surface area contributed by atoms with Crippen LogP contribution in [0.3, 0.4) is 0 Å². The summed E-state index contributed by atoms with van der Waals surface area (Å²) in [5.74, 6) is -0.567. The Kier molecular flexibility index (Phi) is 3.11. The van der Waals surface area contributed by atoms with Crippen LogP contribution in [0.2, 0.25) is 5.02 Å². The number of phenolic OH excluding ortho intramolecular Hbond substituents is 1. The van der Waals surface area contributed by atoms with E-state index in [1.165, 1.54) is 36.4 Å². The van der Waals surface area contributed by atoms with Gasteiger partial charge in [-0.05, 0) is 35.9 Å². The van der Waals surface area contributed by atoms with Gasteiger partial charge in [-0.3, -0.25) is 4.79 Å². The molecule has 0 amide bonds. The van der Waals surface area contributed by atoms with Crippen LogP contribution in [0.5, 0.6) is 5.75 Å². The molecule has 0 aliphatic rings. The highest BCUT2D eigenvalue weighted by atomic mass is 35.5. The summed E-state index contributed by atoms with van der Waals surface area (Å²) in [5.41, 5.74) is 0.896. The van der Waals surface area contributed by atoms with Crippen LogP contribution >= 0.6 is 11.6 Å². The monoisotopic (exact) mass is 250 g/mol. The second-order valence-electron chi connectivity index (χ2n) is 3.52. The number of aromatic hydroxyl groups is 1. The summed E-state index contributed by atoms with van der Waals surface area (Å²) < 4.78 is 13.6. The number of phenols is 1. The van der Waals surface area contributed by atoms with E-state index in [0.29, 0.717) is 22.4 Å². The third kappa shape index (κ3) is 2.29. The van der Waals surface area contributed by atoms with Crippen molar-refractivity contribution in [2.75, 3.05) is 0 Å². The number of hydrogen-bond acceptors (Lipinski definition) is 2. The van der Waals surface area contributed by atoms with Crippen molar-refractivity contribution in [3.63, 3.8) is 0 Å². The first kappa shape index (κ1) is 11.6. The standard InChI is InChI=1S/C13H8ClFO2/c14-10-2-3-12(15)11(6-10)8-1-4-13(17)9(5-8)7-16/h1-7,17H. The lowest BCUT2D eigenvalue weighted by atomic mass is 10.0. The van der Waals surface area contributed by atoms with Gasteiger partial charge in [0.15, 0.2) is 6.29 Å². The van der Waals surface area contributed by atoms with Crippen LogP contribution < -0.4 is 0 Å². The molecule has 0 saturated carbocycles. The second-order valence-corrected chi connectivity index (χ2v) is 3.95. The first-order valence-electron chi connectivity index (χ1n) is 4.85. The van der Waals surface area contributed by atoms with Crippen LogP contribution in [0.4, 0.5) is 4.39 Å². The molecule has 0 unspecified atom stereocenters. The van der Waals surface area contributed by atoms with E-state index in [2.05, 4.69) is 0 Å². The lowest BCUT2D eigenvalue weighted by Gasteiger charge is -2.06. The molecule has 0 atom stereocenters. The minimum atomic E-state index is -0.433. The number of carbonyl (C=O) groups excluding carboxylic acids is 1. The molecule has 0 saturated heterocycles. The zero-order valence-corrected chi connectivity index (χ0v) is 9.41. The van der Waals surface area contributed by atoms with Gasteiger partial charge in [-0.15, -0.1) is 0 Å². The molecule has 2 rings (SSSR count). The van der Waals surface area contributed by atoms with Crippen molar-refractivity contribution in [2.45, 2.75) is 0 Å². The lowest BCUT2D eigenvalue weighted by molar-refractivity contribution is 0.112. The summed E-state index contributed by atoms with van der Waals surface area (Å²) in [6, 6.07) is 8.46. The molecule has 0 fully saturated rings. The number of carbonyl (C=O) groups is 1. The molecule has 0 aliphatic heterocycles. The van der Waals surface area contributed by atoms with Crippen LogP contribution in [-0.4, -0.2) is 11.4 Å². The van der Waals surface area contributed by atoms with Crippen LogP contribution in [0.1, 0.15) is 10.4 Å². The Morgan fingerprint density at radius 3 is 2.65 bits per heavy atom. The summed E-state index contributed by atoms with van der Waals surface area (Å²) in [6.45, 7) is 0. The van der Waals surface area contributed by atoms with Crippen LogP contribution in [0.15, 0.2) is 36.4 Å². The zero-order valence-electron chi connectivity index (χ0n) is 8.65. The van der Waals surface area contributed by atoms with Gasteiger partial charge in [-0.25, -0.2) is 4.39 Å². The van der Waals surface area contributed by atoms with Gasteiger partial charge in [0.05, 0.1) is 5.56 Å². The maximum absolute atomic E-state index is 13.6. The summed E-state index contributed by atoms with van der Waals surface area (Å²) >= 11 is 5.79. The number of rotatable bonds is 2. The molecule has 86 valence electrons. The van der Waals surface area contributed by atoms with Crippen molar-refractivity contribution in [3.05, 3.63) is 52.8 Å². The fourth-order valence-corrected chi connectivity index (χ4v) is 1.71. The molecular formula is C13H8ClFO2. The fraction of sp³-hybridized carbons (Fsp3) is 0. The SMILES string of the molecule is O=Cc1cc(-c2cc(Cl)ccc2F)ccc1O. The Labute approximate surface area is 102 Å². The van der Waals surface area contributed by atoms with E-state index >= 15 is 0 Å². The van der Waals surface area contributed by atoms with E-state index in [1.54, 1.807) is 0 Å². The van der Waals surface area contributed by atoms with Crippen molar-refractivity contribution in [1.29, 1.82) is 0 Å². The first-order chi connectivity index (χ1) is 8.11. The van der Waals surface area contributed by atoms with E-state index in [1.807, 2.05) is 0 Å². The minimum absolute atomic E-state index is 0.113. The highest BCUT2D eigenvalue weighted by molar-refractivity contribution is 6.30. The minimum Gasteiger partial charge on any atom is -0.507 e. The number of halogens is 2. The molecule has 0 spiro atoms. The molecular weight excluding hydrogens is 243 g/mol. The van der Waals surface area contributed by atoms with E-state index in [9.17, 15) is 14.3 Å². The van der Waals surface area contributed by atoms with Gasteiger partial charge < -0.3 is 5.11 Å². The first-order valence-corrected chi connectivity index (χ1v) is 5.23. The smallest absolute Gasteiger partial charge is 0.153 e. The average Bonchev–Trinajstić information content (AvgIpc) is 2.33. The van der Waals surface area contributed by atoms with Crippen molar-refractivity contribution >= 4 is 17.9 Å². The van der Waals surface area contributed by atoms with Crippen LogP contribution in [-0.2, 0) is 0 Å². The fourth-order valence-electron chi connectivity index (χ4n) is 1.54. The second kappa shape index (κ2) is 4.55. The predicted octanol–water partition coefficient (Wildman–Crippen LogP) is 3.66. The third-order valence-corrected chi connectivity index (χ3v) is 2.63. The summed E-state index contributed by atoms with van der Waals surface area (Å²) in [7, 11) is 0. The molecule has 4 heteroatoms. The van der Waals surface area contributed by atoms with E-state index < -0.39 is 5.82 Å². The van der Waals surface area contributed by atoms with Gasteiger partial charge in [-0.2, -0.15) is 0 Å². The molecule has 0 bridgehead atoms. The van der Waals surface area contributed by atoms with Gasteiger partial charge in [0.1, 0.15) is 11.6 Å². The molecule has 0 aromatic heterocycles. The Morgan fingerprint density at radius 2 is 1.94 bits per heavy atom. The van der Waals surface area contributed by atoms with Crippen LogP contribution in [0.25, 0.3) is 11.1 Å². The molecule has 0 heterocycles. The number of benzene rings is 2. The Morgan fingerprint density at radius 1 is 1.18 bits per heavy atom. The highest BCUT2D eigenvalue weighted by Crippen LogP contribution is 2.29. The molecule has 2 aromatic carbocycles. The number of hydrogen-bond donors (Lipinski definition) is 1. The molecule has 0 radical (unpaired) electrons. The molecule has 2 nitrogen and oxygen atoms in total. The van der Waals surface area contributed by atoms with Gasteiger partial charge in [0.25, 0.3) is 0 Å². The van der Waals surface area contributed by atoms with Crippen molar-refractivity contribution in [1.82, 2.24) is 0 Å².